The maximum atomic E-state index is 12.7. The van der Waals surface area contributed by atoms with Gasteiger partial charge in [0.25, 0.3) is 0 Å². The molecule has 0 spiro atoms. The Kier molecular flexibility index (Phi) is 7.05. The van der Waals surface area contributed by atoms with Crippen LogP contribution in [0.5, 0.6) is 0 Å². The summed E-state index contributed by atoms with van der Waals surface area (Å²) in [7, 11) is 0. The number of carbonyl (C=O) groups is 1. The van der Waals surface area contributed by atoms with Gasteiger partial charge in [0.1, 0.15) is 5.82 Å². The van der Waals surface area contributed by atoms with Crippen LogP contribution in [0.25, 0.3) is 0 Å². The van der Waals surface area contributed by atoms with Crippen LogP contribution < -0.4 is 10.2 Å². The van der Waals surface area contributed by atoms with Crippen molar-refractivity contribution >= 4 is 23.4 Å². The second-order valence-electron chi connectivity index (χ2n) is 9.10. The van der Waals surface area contributed by atoms with Crippen LogP contribution in [0.15, 0.2) is 30.3 Å². The topological polar surface area (TPSA) is 61.4 Å². The van der Waals surface area contributed by atoms with Gasteiger partial charge in [-0.3, -0.25) is 4.79 Å². The molecule has 1 aliphatic heterocycles. The van der Waals surface area contributed by atoms with Crippen LogP contribution in [-0.4, -0.2) is 47.0 Å². The van der Waals surface area contributed by atoms with Crippen LogP contribution in [0, 0.1) is 19.8 Å². The minimum Gasteiger partial charge on any atom is -0.340 e. The van der Waals surface area contributed by atoms with Gasteiger partial charge in [-0.1, -0.05) is 49.8 Å². The first kappa shape index (κ1) is 21.6. The molecule has 0 unspecified atom stereocenters. The van der Waals surface area contributed by atoms with Gasteiger partial charge in [-0.25, -0.2) is 4.98 Å². The fraction of sp³-hybridized carbons (Fsp3) is 0.560. The molecule has 6 heteroatoms. The van der Waals surface area contributed by atoms with Crippen molar-refractivity contribution < 1.29 is 4.79 Å². The number of hydrogen-bond acceptors (Lipinski definition) is 5. The van der Waals surface area contributed by atoms with Crippen molar-refractivity contribution in [2.45, 2.75) is 58.8 Å². The van der Waals surface area contributed by atoms with E-state index < -0.39 is 0 Å². The van der Waals surface area contributed by atoms with Crippen LogP contribution >= 0.6 is 0 Å². The summed E-state index contributed by atoms with van der Waals surface area (Å²) in [6.45, 7) is 7.14. The molecule has 1 aromatic heterocycles. The summed E-state index contributed by atoms with van der Waals surface area (Å²) in [6.07, 6.45) is 8.44. The number of piperazine rings is 1. The largest absolute Gasteiger partial charge is 0.340 e. The average Bonchev–Trinajstić information content (AvgIpc) is 2.79. The third-order valence-electron chi connectivity index (χ3n) is 6.57. The quantitative estimate of drug-likeness (QED) is 0.723. The number of hydrogen-bond donors (Lipinski definition) is 1. The molecule has 1 aliphatic carbocycles. The van der Waals surface area contributed by atoms with E-state index in [-0.39, 0.29) is 0 Å². The summed E-state index contributed by atoms with van der Waals surface area (Å²) in [5, 5.41) is 3.38. The second-order valence-corrected chi connectivity index (χ2v) is 9.10. The van der Waals surface area contributed by atoms with E-state index in [0.717, 1.165) is 61.7 Å². The molecule has 1 aromatic carbocycles. The average molecular weight is 422 g/mol. The normalized spacial score (nSPS) is 17.6. The van der Waals surface area contributed by atoms with Crippen molar-refractivity contribution in [1.82, 2.24) is 14.9 Å². The fourth-order valence-electron chi connectivity index (χ4n) is 4.66. The van der Waals surface area contributed by atoms with Gasteiger partial charge in [0.15, 0.2) is 0 Å². The van der Waals surface area contributed by atoms with E-state index in [1.807, 2.05) is 17.9 Å². The van der Waals surface area contributed by atoms with Gasteiger partial charge in [0.05, 0.1) is 0 Å². The van der Waals surface area contributed by atoms with Crippen LogP contribution in [0.1, 0.15) is 56.2 Å². The molecule has 2 heterocycles. The zero-order chi connectivity index (χ0) is 21.6. The standard InChI is InChI=1S/C25H35N5O/c1-19-8-11-22(12-9-19)27-23-18-20(2)26-25(28-23)30-16-14-29(15-17-30)24(31)13-10-21-6-4-3-5-7-21/h8-9,11-12,18,21H,3-7,10,13-17H2,1-2H3,(H,26,27,28). The molecule has 6 nitrogen and oxygen atoms in total. The molecule has 0 bridgehead atoms. The first-order valence-electron chi connectivity index (χ1n) is 11.8. The fourth-order valence-corrected chi connectivity index (χ4v) is 4.66. The number of nitrogens with zero attached hydrogens (tertiary/aromatic N) is 4. The van der Waals surface area contributed by atoms with E-state index in [1.54, 1.807) is 0 Å². The number of aryl methyl sites for hydroxylation is 2. The van der Waals surface area contributed by atoms with Crippen LogP contribution in [-0.2, 0) is 4.79 Å². The summed E-state index contributed by atoms with van der Waals surface area (Å²) >= 11 is 0. The van der Waals surface area contributed by atoms with Crippen molar-refractivity contribution in [2.24, 2.45) is 5.92 Å². The highest BCUT2D eigenvalue weighted by atomic mass is 16.2. The predicted octanol–water partition coefficient (Wildman–Crippen LogP) is 4.85. The minimum absolute atomic E-state index is 0.317. The van der Waals surface area contributed by atoms with Gasteiger partial charge in [-0.05, 0) is 38.3 Å². The number of nitrogens with one attached hydrogen (secondary N) is 1. The van der Waals surface area contributed by atoms with Gasteiger partial charge in [-0.2, -0.15) is 4.98 Å². The zero-order valence-electron chi connectivity index (χ0n) is 18.9. The molecule has 31 heavy (non-hydrogen) atoms. The van der Waals surface area contributed by atoms with E-state index in [9.17, 15) is 4.79 Å². The monoisotopic (exact) mass is 421 g/mol. The van der Waals surface area contributed by atoms with Gasteiger partial charge in [0.2, 0.25) is 11.9 Å². The number of rotatable bonds is 6. The summed E-state index contributed by atoms with van der Waals surface area (Å²) in [6, 6.07) is 10.3. The predicted molar refractivity (Wildman–Crippen MR) is 126 cm³/mol. The van der Waals surface area contributed by atoms with Crippen LogP contribution in [0.4, 0.5) is 17.5 Å². The maximum absolute atomic E-state index is 12.7. The highest BCUT2D eigenvalue weighted by Crippen LogP contribution is 2.27. The Hall–Kier alpha value is -2.63. The van der Waals surface area contributed by atoms with E-state index in [0.29, 0.717) is 12.3 Å². The number of aromatic nitrogens is 2. The molecule has 1 amide bonds. The summed E-state index contributed by atoms with van der Waals surface area (Å²) in [5.41, 5.74) is 3.19. The highest BCUT2D eigenvalue weighted by molar-refractivity contribution is 5.76. The Morgan fingerprint density at radius 3 is 2.42 bits per heavy atom. The van der Waals surface area contributed by atoms with E-state index in [4.69, 9.17) is 4.98 Å². The molecule has 166 valence electrons. The maximum Gasteiger partial charge on any atom is 0.227 e. The lowest BCUT2D eigenvalue weighted by molar-refractivity contribution is -0.131. The smallest absolute Gasteiger partial charge is 0.227 e. The lowest BCUT2D eigenvalue weighted by Crippen LogP contribution is -2.49. The lowest BCUT2D eigenvalue weighted by atomic mass is 9.86. The van der Waals surface area contributed by atoms with Gasteiger partial charge >= 0.3 is 0 Å². The molecular weight excluding hydrogens is 386 g/mol. The Bertz CT molecular complexity index is 868. The van der Waals surface area contributed by atoms with Gasteiger partial charge in [0, 0.05) is 50.0 Å². The van der Waals surface area contributed by atoms with Crippen LogP contribution in [0.2, 0.25) is 0 Å². The molecule has 2 aromatic rings. The highest BCUT2D eigenvalue weighted by Gasteiger charge is 2.24. The molecule has 1 saturated carbocycles. The molecule has 2 aliphatic rings. The van der Waals surface area contributed by atoms with Crippen molar-refractivity contribution in [3.8, 4) is 0 Å². The first-order valence-corrected chi connectivity index (χ1v) is 11.8. The van der Waals surface area contributed by atoms with E-state index in [1.165, 1.54) is 37.7 Å². The summed E-state index contributed by atoms with van der Waals surface area (Å²) < 4.78 is 0. The lowest BCUT2D eigenvalue weighted by Gasteiger charge is -2.35. The molecule has 2 fully saturated rings. The number of anilines is 3. The molecule has 0 radical (unpaired) electrons. The third kappa shape index (κ3) is 5.96. The Balaban J connectivity index is 1.31. The summed E-state index contributed by atoms with van der Waals surface area (Å²) in [5.74, 6) is 2.62. The van der Waals surface area contributed by atoms with E-state index >= 15 is 0 Å². The zero-order valence-corrected chi connectivity index (χ0v) is 18.9. The van der Waals surface area contributed by atoms with Gasteiger partial charge in [-0.15, -0.1) is 0 Å². The number of amides is 1. The Morgan fingerprint density at radius 2 is 1.71 bits per heavy atom. The molecule has 1 N–H and O–H groups in total. The Morgan fingerprint density at radius 1 is 1.00 bits per heavy atom. The molecule has 0 atom stereocenters. The molecular formula is C25H35N5O. The second kappa shape index (κ2) is 10.1. The van der Waals surface area contributed by atoms with Crippen LogP contribution in [0.3, 0.4) is 0 Å². The first-order chi connectivity index (χ1) is 15.1. The van der Waals surface area contributed by atoms with Gasteiger partial charge < -0.3 is 15.1 Å². The van der Waals surface area contributed by atoms with E-state index in [2.05, 4.69) is 46.4 Å². The van der Waals surface area contributed by atoms with Crippen molar-refractivity contribution in [1.29, 1.82) is 0 Å². The Labute approximate surface area is 186 Å². The molecule has 1 saturated heterocycles. The molecule has 4 rings (SSSR count). The van der Waals surface area contributed by atoms with Crippen molar-refractivity contribution in [2.75, 3.05) is 36.4 Å². The van der Waals surface area contributed by atoms with Crippen molar-refractivity contribution in [3.05, 3.63) is 41.6 Å². The number of carbonyl (C=O) groups excluding carboxylic acids is 1. The summed E-state index contributed by atoms with van der Waals surface area (Å²) in [4.78, 5) is 26.3. The minimum atomic E-state index is 0.317. The third-order valence-corrected chi connectivity index (χ3v) is 6.57. The number of benzene rings is 1. The SMILES string of the molecule is Cc1ccc(Nc2cc(C)nc(N3CCN(C(=O)CCC4CCCCC4)CC3)n2)cc1. The van der Waals surface area contributed by atoms with Crippen molar-refractivity contribution in [3.63, 3.8) is 0 Å².